The zero-order chi connectivity index (χ0) is 14.6. The number of nitrogens with zero attached hydrogens (tertiary/aromatic N) is 1. The molecule has 0 saturated heterocycles. The number of aliphatic hydroxyl groups excluding tert-OH is 1. The van der Waals surface area contributed by atoms with Crippen molar-refractivity contribution in [3.8, 4) is 0 Å². The van der Waals surface area contributed by atoms with Gasteiger partial charge in [-0.25, -0.2) is 4.98 Å². The topological polar surface area (TPSA) is 33.1 Å². The maximum Gasteiger partial charge on any atom is 0.0900 e. The van der Waals surface area contributed by atoms with Gasteiger partial charge < -0.3 is 5.11 Å². The molecule has 0 aliphatic heterocycles. The molecule has 1 heterocycles. The highest BCUT2D eigenvalue weighted by Crippen LogP contribution is 2.26. The Hall–Kier alpha value is -0.410. The number of aryl methyl sites for hydroxylation is 1. The first-order valence-electron chi connectivity index (χ1n) is 8.33. The molecule has 20 heavy (non-hydrogen) atoms. The number of hydrogen-bond donors (Lipinski definition) is 1. The van der Waals surface area contributed by atoms with Crippen LogP contribution >= 0.6 is 11.3 Å². The van der Waals surface area contributed by atoms with Crippen molar-refractivity contribution in [2.24, 2.45) is 0 Å². The van der Waals surface area contributed by atoms with Crippen LogP contribution in [0.5, 0.6) is 0 Å². The average Bonchev–Trinajstić information content (AvgIpc) is 2.87. The summed E-state index contributed by atoms with van der Waals surface area (Å²) in [5.41, 5.74) is 2.82. The second kappa shape index (κ2) is 11.3. The van der Waals surface area contributed by atoms with E-state index in [4.69, 9.17) is 0 Å². The third kappa shape index (κ3) is 7.39. The number of aromatic nitrogens is 1. The van der Waals surface area contributed by atoms with Crippen LogP contribution in [0.4, 0.5) is 0 Å². The van der Waals surface area contributed by atoms with Crippen LogP contribution in [-0.2, 0) is 0 Å². The molecule has 1 unspecified atom stereocenters. The van der Waals surface area contributed by atoms with Crippen molar-refractivity contribution in [2.75, 3.05) is 0 Å². The molecule has 0 spiro atoms. The highest BCUT2D eigenvalue weighted by atomic mass is 32.1. The Balaban J connectivity index is 1.91. The van der Waals surface area contributed by atoms with E-state index in [2.05, 4.69) is 11.9 Å². The van der Waals surface area contributed by atoms with Crippen molar-refractivity contribution >= 4 is 11.3 Å². The molecule has 0 saturated carbocycles. The lowest BCUT2D eigenvalue weighted by atomic mass is 10.0. The van der Waals surface area contributed by atoms with Gasteiger partial charge in [-0.15, -0.1) is 11.3 Å². The SMILES string of the molecule is CCCCCCCCCCCCC(O)c1scnc1C. The summed E-state index contributed by atoms with van der Waals surface area (Å²) in [4.78, 5) is 5.25. The molecule has 0 bridgehead atoms. The Morgan fingerprint density at radius 2 is 1.55 bits per heavy atom. The van der Waals surface area contributed by atoms with Crippen molar-refractivity contribution in [2.45, 2.75) is 90.6 Å². The Morgan fingerprint density at radius 1 is 1.00 bits per heavy atom. The number of hydrogen-bond acceptors (Lipinski definition) is 3. The summed E-state index contributed by atoms with van der Waals surface area (Å²) < 4.78 is 0. The van der Waals surface area contributed by atoms with E-state index >= 15 is 0 Å². The molecule has 0 aliphatic carbocycles. The first kappa shape index (κ1) is 17.6. The zero-order valence-electron chi connectivity index (χ0n) is 13.2. The number of thiazole rings is 1. The van der Waals surface area contributed by atoms with Gasteiger partial charge in [0.25, 0.3) is 0 Å². The van der Waals surface area contributed by atoms with E-state index in [0.717, 1.165) is 23.4 Å². The molecule has 1 N–H and O–H groups in total. The molecule has 1 aromatic rings. The lowest BCUT2D eigenvalue weighted by Gasteiger charge is -2.09. The van der Waals surface area contributed by atoms with E-state index in [1.54, 1.807) is 11.3 Å². The molecule has 116 valence electrons. The first-order chi connectivity index (χ1) is 9.75. The van der Waals surface area contributed by atoms with Crippen LogP contribution in [0.2, 0.25) is 0 Å². The van der Waals surface area contributed by atoms with E-state index in [-0.39, 0.29) is 6.10 Å². The maximum atomic E-state index is 10.1. The van der Waals surface area contributed by atoms with Crippen molar-refractivity contribution in [1.29, 1.82) is 0 Å². The van der Waals surface area contributed by atoms with Gasteiger partial charge in [0.05, 0.1) is 22.2 Å². The van der Waals surface area contributed by atoms with Crippen molar-refractivity contribution in [3.05, 3.63) is 16.1 Å². The van der Waals surface area contributed by atoms with Gasteiger partial charge in [-0.3, -0.25) is 0 Å². The van der Waals surface area contributed by atoms with Gasteiger partial charge >= 0.3 is 0 Å². The smallest absolute Gasteiger partial charge is 0.0900 e. The summed E-state index contributed by atoms with van der Waals surface area (Å²) in [5, 5.41) is 10.1. The van der Waals surface area contributed by atoms with E-state index in [9.17, 15) is 5.11 Å². The normalized spacial score (nSPS) is 12.8. The fraction of sp³-hybridized carbons (Fsp3) is 0.824. The van der Waals surface area contributed by atoms with Crippen molar-refractivity contribution < 1.29 is 5.11 Å². The Labute approximate surface area is 128 Å². The Kier molecular flexibility index (Phi) is 9.94. The van der Waals surface area contributed by atoms with Gasteiger partial charge in [-0.1, -0.05) is 71.1 Å². The molecule has 0 fully saturated rings. The van der Waals surface area contributed by atoms with Crippen LogP contribution in [0.1, 0.15) is 94.2 Å². The average molecular weight is 298 g/mol. The van der Waals surface area contributed by atoms with Crippen LogP contribution in [0.25, 0.3) is 0 Å². The summed E-state index contributed by atoms with van der Waals surface area (Å²) in [6.07, 6.45) is 14.0. The first-order valence-corrected chi connectivity index (χ1v) is 9.21. The van der Waals surface area contributed by atoms with Gasteiger partial charge in [-0.05, 0) is 13.3 Å². The lowest BCUT2D eigenvalue weighted by Crippen LogP contribution is -1.97. The summed E-state index contributed by atoms with van der Waals surface area (Å²) in [5.74, 6) is 0. The molecule has 0 amide bonds. The highest BCUT2D eigenvalue weighted by molar-refractivity contribution is 7.09. The number of unbranched alkanes of at least 4 members (excludes halogenated alkanes) is 9. The monoisotopic (exact) mass is 297 g/mol. The minimum Gasteiger partial charge on any atom is -0.388 e. The summed E-state index contributed by atoms with van der Waals surface area (Å²) in [6.45, 7) is 4.25. The van der Waals surface area contributed by atoms with E-state index in [1.807, 2.05) is 12.4 Å². The van der Waals surface area contributed by atoms with Gasteiger partial charge in [0.2, 0.25) is 0 Å². The molecule has 2 nitrogen and oxygen atoms in total. The third-order valence-corrected chi connectivity index (χ3v) is 4.95. The Bertz CT molecular complexity index is 337. The maximum absolute atomic E-state index is 10.1. The summed E-state index contributed by atoms with van der Waals surface area (Å²) >= 11 is 1.58. The molecule has 1 atom stereocenters. The third-order valence-electron chi connectivity index (χ3n) is 3.92. The van der Waals surface area contributed by atoms with E-state index in [0.29, 0.717) is 0 Å². The molecule has 3 heteroatoms. The number of aliphatic hydroxyl groups is 1. The minimum absolute atomic E-state index is 0.295. The molecule has 1 aromatic heterocycles. The largest absolute Gasteiger partial charge is 0.388 e. The second-order valence-corrected chi connectivity index (χ2v) is 6.67. The van der Waals surface area contributed by atoms with Crippen molar-refractivity contribution in [3.63, 3.8) is 0 Å². The fourth-order valence-electron chi connectivity index (χ4n) is 2.59. The Morgan fingerprint density at radius 3 is 2.05 bits per heavy atom. The molecule has 0 aliphatic rings. The standard InChI is InChI=1S/C17H31NOS/c1-3-4-5-6-7-8-9-10-11-12-13-16(19)17-15(2)18-14-20-17/h14,16,19H,3-13H2,1-2H3. The fourth-order valence-corrected chi connectivity index (χ4v) is 3.41. The van der Waals surface area contributed by atoms with E-state index < -0.39 is 0 Å². The number of rotatable bonds is 12. The van der Waals surface area contributed by atoms with Crippen LogP contribution in [0.15, 0.2) is 5.51 Å². The quantitative estimate of drug-likeness (QED) is 0.495. The molecule has 0 aromatic carbocycles. The van der Waals surface area contributed by atoms with Crippen LogP contribution in [-0.4, -0.2) is 10.1 Å². The van der Waals surface area contributed by atoms with Gasteiger partial charge in [0, 0.05) is 0 Å². The van der Waals surface area contributed by atoms with Gasteiger partial charge in [0.1, 0.15) is 0 Å². The lowest BCUT2D eigenvalue weighted by molar-refractivity contribution is 0.166. The highest BCUT2D eigenvalue weighted by Gasteiger charge is 2.12. The molecule has 1 rings (SSSR count). The van der Waals surface area contributed by atoms with Crippen LogP contribution in [0.3, 0.4) is 0 Å². The predicted octanol–water partition coefficient (Wildman–Crippen LogP) is 5.80. The summed E-state index contributed by atoms with van der Waals surface area (Å²) in [7, 11) is 0. The predicted molar refractivity (Wildman–Crippen MR) is 88.3 cm³/mol. The van der Waals surface area contributed by atoms with Crippen LogP contribution in [0, 0.1) is 6.92 Å². The van der Waals surface area contributed by atoms with Crippen molar-refractivity contribution in [1.82, 2.24) is 4.98 Å². The van der Waals surface area contributed by atoms with Crippen LogP contribution < -0.4 is 0 Å². The zero-order valence-corrected chi connectivity index (χ0v) is 14.1. The van der Waals surface area contributed by atoms with Gasteiger partial charge in [0.15, 0.2) is 0 Å². The molecular weight excluding hydrogens is 266 g/mol. The molecule has 0 radical (unpaired) electrons. The minimum atomic E-state index is -0.295. The second-order valence-electron chi connectivity index (χ2n) is 5.79. The summed E-state index contributed by atoms with van der Waals surface area (Å²) in [6, 6.07) is 0. The molecular formula is C17H31NOS. The van der Waals surface area contributed by atoms with E-state index in [1.165, 1.54) is 57.8 Å². The van der Waals surface area contributed by atoms with Gasteiger partial charge in [-0.2, -0.15) is 0 Å².